The van der Waals surface area contributed by atoms with Gasteiger partial charge in [-0.15, -0.1) is 0 Å². The quantitative estimate of drug-likeness (QED) is 0.611. The molecule has 102 valence electrons. The number of esters is 1. The molecule has 0 atom stereocenters. The van der Waals surface area contributed by atoms with E-state index in [1.165, 1.54) is 6.92 Å². The van der Waals surface area contributed by atoms with Crippen molar-refractivity contribution in [3.8, 4) is 0 Å². The summed E-state index contributed by atoms with van der Waals surface area (Å²) < 4.78 is 9.25. The normalized spacial score (nSPS) is 9.32. The van der Waals surface area contributed by atoms with Crippen LogP contribution >= 0.6 is 0 Å². The van der Waals surface area contributed by atoms with Gasteiger partial charge in [-0.2, -0.15) is 0 Å². The summed E-state index contributed by atoms with van der Waals surface area (Å²) in [5, 5.41) is 0. The second-order valence-electron chi connectivity index (χ2n) is 3.52. The fourth-order valence-electron chi connectivity index (χ4n) is 1.08. The van der Waals surface area contributed by atoms with Crippen molar-refractivity contribution in [2.75, 3.05) is 6.61 Å². The van der Waals surface area contributed by atoms with E-state index in [9.17, 15) is 14.4 Å². The highest BCUT2D eigenvalue weighted by atomic mass is 16.6. The average Bonchev–Trinajstić information content (AvgIpc) is 2.41. The number of benzene rings is 1. The minimum Gasteiger partial charge on any atom is -0.456 e. The third kappa shape index (κ3) is 6.67. The van der Waals surface area contributed by atoms with Crippen LogP contribution in [-0.4, -0.2) is 24.6 Å². The van der Waals surface area contributed by atoms with E-state index in [1.54, 1.807) is 12.1 Å². The predicted octanol–water partition coefficient (Wildman–Crippen LogP) is 0.507. The van der Waals surface area contributed by atoms with E-state index in [2.05, 4.69) is 4.74 Å². The number of carbonyl (C=O) groups is 3. The summed E-state index contributed by atoms with van der Waals surface area (Å²) in [5.74, 6) is -1.24. The highest BCUT2D eigenvalue weighted by Gasteiger charge is 2.06. The molecule has 1 aromatic carbocycles. The van der Waals surface area contributed by atoms with Gasteiger partial charge in [-0.05, 0) is 5.56 Å². The Hall–Kier alpha value is -2.57. The van der Waals surface area contributed by atoms with Gasteiger partial charge in [0.2, 0.25) is 0 Å². The molecule has 0 unspecified atom stereocenters. The maximum atomic E-state index is 11.2. The highest BCUT2D eigenvalue weighted by molar-refractivity contribution is 5.81. The Morgan fingerprint density at radius 3 is 2.37 bits per heavy atom. The fourth-order valence-corrected chi connectivity index (χ4v) is 1.08. The summed E-state index contributed by atoms with van der Waals surface area (Å²) in [7, 11) is 0. The SMILES string of the molecule is CC(=O)OCC(=O)NNC(=O)OCc1ccccc1. The third-order valence-corrected chi connectivity index (χ3v) is 1.92. The second kappa shape index (κ2) is 7.70. The number of hydrogen-bond acceptors (Lipinski definition) is 5. The molecule has 7 heteroatoms. The summed E-state index contributed by atoms with van der Waals surface area (Å²) >= 11 is 0. The number of carbonyl (C=O) groups excluding carboxylic acids is 3. The minimum absolute atomic E-state index is 0.0898. The third-order valence-electron chi connectivity index (χ3n) is 1.92. The fraction of sp³-hybridized carbons (Fsp3) is 0.250. The predicted molar refractivity (Wildman–Crippen MR) is 64.5 cm³/mol. The van der Waals surface area contributed by atoms with Crippen molar-refractivity contribution in [3.63, 3.8) is 0 Å². The molecule has 19 heavy (non-hydrogen) atoms. The first kappa shape index (κ1) is 14.5. The van der Waals surface area contributed by atoms with Crippen molar-refractivity contribution < 1.29 is 23.9 Å². The summed E-state index contributed by atoms with van der Waals surface area (Å²) in [4.78, 5) is 32.7. The van der Waals surface area contributed by atoms with Crippen molar-refractivity contribution in [1.29, 1.82) is 0 Å². The van der Waals surface area contributed by atoms with Gasteiger partial charge in [0.25, 0.3) is 5.91 Å². The van der Waals surface area contributed by atoms with Gasteiger partial charge in [-0.3, -0.25) is 15.0 Å². The van der Waals surface area contributed by atoms with Crippen molar-refractivity contribution in [1.82, 2.24) is 10.9 Å². The largest absolute Gasteiger partial charge is 0.456 e. The summed E-state index contributed by atoms with van der Waals surface area (Å²) in [5.41, 5.74) is 4.88. The van der Waals surface area contributed by atoms with Gasteiger partial charge in [-0.1, -0.05) is 30.3 Å². The van der Waals surface area contributed by atoms with E-state index in [0.29, 0.717) is 0 Å². The first-order chi connectivity index (χ1) is 9.08. The number of hydrogen-bond donors (Lipinski definition) is 2. The van der Waals surface area contributed by atoms with Crippen molar-refractivity contribution in [2.24, 2.45) is 0 Å². The lowest BCUT2D eigenvalue weighted by atomic mass is 10.2. The average molecular weight is 266 g/mol. The van der Waals surface area contributed by atoms with Gasteiger partial charge in [0, 0.05) is 6.92 Å². The summed E-state index contributed by atoms with van der Waals surface area (Å²) in [6.45, 7) is 0.801. The maximum Gasteiger partial charge on any atom is 0.426 e. The molecule has 0 bridgehead atoms. The van der Waals surface area contributed by atoms with Crippen LogP contribution < -0.4 is 10.9 Å². The Kier molecular flexibility index (Phi) is 5.87. The van der Waals surface area contributed by atoms with Gasteiger partial charge in [-0.25, -0.2) is 10.2 Å². The Morgan fingerprint density at radius 2 is 1.74 bits per heavy atom. The van der Waals surface area contributed by atoms with Crippen LogP contribution in [0.25, 0.3) is 0 Å². The van der Waals surface area contributed by atoms with Crippen molar-refractivity contribution >= 4 is 18.0 Å². The molecule has 2 amide bonds. The Balaban J connectivity index is 2.17. The van der Waals surface area contributed by atoms with E-state index < -0.39 is 24.6 Å². The van der Waals surface area contributed by atoms with Crippen molar-refractivity contribution in [3.05, 3.63) is 35.9 Å². The van der Waals surface area contributed by atoms with E-state index in [1.807, 2.05) is 29.1 Å². The smallest absolute Gasteiger partial charge is 0.426 e. The van der Waals surface area contributed by atoms with Crippen LogP contribution in [0.3, 0.4) is 0 Å². The Bertz CT molecular complexity index is 447. The van der Waals surface area contributed by atoms with Crippen LogP contribution in [-0.2, 0) is 25.7 Å². The summed E-state index contributed by atoms with van der Waals surface area (Å²) in [6, 6.07) is 9.08. The maximum absolute atomic E-state index is 11.2. The number of nitrogens with one attached hydrogen (secondary N) is 2. The number of ether oxygens (including phenoxy) is 2. The van der Waals surface area contributed by atoms with Crippen LogP contribution in [0.15, 0.2) is 30.3 Å². The van der Waals surface area contributed by atoms with E-state index in [4.69, 9.17) is 4.74 Å². The number of amides is 2. The molecule has 7 nitrogen and oxygen atoms in total. The molecular weight excluding hydrogens is 252 g/mol. The zero-order valence-electron chi connectivity index (χ0n) is 10.3. The molecule has 0 aliphatic carbocycles. The lowest BCUT2D eigenvalue weighted by Gasteiger charge is -2.08. The van der Waals surface area contributed by atoms with Crippen LogP contribution in [0.5, 0.6) is 0 Å². The summed E-state index contributed by atoms with van der Waals surface area (Å²) in [6.07, 6.45) is -0.806. The molecular formula is C12H14N2O5. The lowest BCUT2D eigenvalue weighted by Crippen LogP contribution is -2.43. The molecule has 0 heterocycles. The molecule has 0 saturated heterocycles. The highest BCUT2D eigenvalue weighted by Crippen LogP contribution is 1.99. The molecule has 0 aromatic heterocycles. The monoisotopic (exact) mass is 266 g/mol. The number of rotatable bonds is 4. The Labute approximate surface area is 109 Å². The van der Waals surface area contributed by atoms with Crippen LogP contribution in [0.4, 0.5) is 4.79 Å². The van der Waals surface area contributed by atoms with Gasteiger partial charge in [0.1, 0.15) is 6.61 Å². The van der Waals surface area contributed by atoms with Crippen molar-refractivity contribution in [2.45, 2.75) is 13.5 Å². The first-order valence-corrected chi connectivity index (χ1v) is 5.47. The zero-order valence-corrected chi connectivity index (χ0v) is 10.3. The van der Waals surface area contributed by atoms with E-state index in [0.717, 1.165) is 5.56 Å². The molecule has 0 aliphatic heterocycles. The van der Waals surface area contributed by atoms with Gasteiger partial charge in [0.15, 0.2) is 6.61 Å². The molecule has 1 rings (SSSR count). The minimum atomic E-state index is -0.806. The topological polar surface area (TPSA) is 93.7 Å². The number of hydrazine groups is 1. The van der Waals surface area contributed by atoms with Gasteiger partial charge >= 0.3 is 12.1 Å². The van der Waals surface area contributed by atoms with Crippen LogP contribution in [0, 0.1) is 0 Å². The molecule has 0 saturated carbocycles. The molecule has 2 N–H and O–H groups in total. The van der Waals surface area contributed by atoms with Crippen LogP contribution in [0.1, 0.15) is 12.5 Å². The second-order valence-corrected chi connectivity index (χ2v) is 3.52. The molecule has 0 fully saturated rings. The molecule has 0 spiro atoms. The van der Waals surface area contributed by atoms with Gasteiger partial charge < -0.3 is 9.47 Å². The standard InChI is InChI=1S/C12H14N2O5/c1-9(15)18-8-11(16)13-14-12(17)19-7-10-5-3-2-4-6-10/h2-6H,7-8H2,1H3,(H,13,16)(H,14,17). The van der Waals surface area contributed by atoms with Crippen LogP contribution in [0.2, 0.25) is 0 Å². The zero-order chi connectivity index (χ0) is 14.1. The van der Waals surface area contributed by atoms with Gasteiger partial charge in [0.05, 0.1) is 0 Å². The van der Waals surface area contributed by atoms with E-state index in [-0.39, 0.29) is 6.61 Å². The molecule has 0 radical (unpaired) electrons. The molecule has 0 aliphatic rings. The first-order valence-electron chi connectivity index (χ1n) is 5.47. The van der Waals surface area contributed by atoms with E-state index >= 15 is 0 Å². The lowest BCUT2D eigenvalue weighted by molar-refractivity contribution is -0.146. The molecule has 1 aromatic rings. The Morgan fingerprint density at radius 1 is 1.05 bits per heavy atom.